The molecule has 6 nitrogen and oxygen atoms in total. The second-order valence-electron chi connectivity index (χ2n) is 7.34. The molecule has 3 heterocycles. The Labute approximate surface area is 177 Å². The molecule has 30 heavy (non-hydrogen) atoms. The van der Waals surface area contributed by atoms with Crippen molar-refractivity contribution in [3.63, 3.8) is 0 Å². The average Bonchev–Trinajstić information content (AvgIpc) is 3.39. The Morgan fingerprint density at radius 2 is 1.73 bits per heavy atom. The van der Waals surface area contributed by atoms with E-state index in [0.717, 1.165) is 33.2 Å². The van der Waals surface area contributed by atoms with E-state index in [0.29, 0.717) is 13.0 Å². The molecule has 7 heteroatoms. The van der Waals surface area contributed by atoms with Crippen LogP contribution in [0.1, 0.15) is 16.0 Å². The first-order valence-electron chi connectivity index (χ1n) is 9.65. The zero-order chi connectivity index (χ0) is 20.7. The summed E-state index contributed by atoms with van der Waals surface area (Å²) in [5, 5.41) is 24.5. The molecule has 1 saturated heterocycles. The highest BCUT2D eigenvalue weighted by Gasteiger charge is 2.43. The van der Waals surface area contributed by atoms with E-state index in [2.05, 4.69) is 10.3 Å². The van der Waals surface area contributed by atoms with Crippen molar-refractivity contribution in [3.8, 4) is 11.5 Å². The van der Waals surface area contributed by atoms with Gasteiger partial charge in [-0.05, 0) is 53.4 Å². The standard InChI is InChI=1S/C23H19N3O3S/c27-16-7-3-14(4-8-16)12-18-23(29)26-13-19(15-5-9-17(28)10-6-15)24-21(22(26)25-18)20-2-1-11-30-20/h1-11,18,25,27-28H,12-13H2/p+1. The molecular weight excluding hydrogens is 398 g/mol. The van der Waals surface area contributed by atoms with E-state index in [1.807, 2.05) is 41.8 Å². The van der Waals surface area contributed by atoms with Crippen LogP contribution in [0.15, 0.2) is 71.9 Å². The maximum absolute atomic E-state index is 13.3. The fourth-order valence-electron chi connectivity index (χ4n) is 3.81. The number of rotatable bonds is 4. The topological polar surface area (TPSA) is 86.8 Å². The highest BCUT2D eigenvalue weighted by Crippen LogP contribution is 2.27. The first kappa shape index (κ1) is 18.4. The van der Waals surface area contributed by atoms with Crippen LogP contribution in [-0.2, 0) is 11.2 Å². The number of aromatic hydroxyl groups is 2. The maximum atomic E-state index is 13.3. The lowest BCUT2D eigenvalue weighted by molar-refractivity contribution is -0.349. The van der Waals surface area contributed by atoms with Gasteiger partial charge in [0.25, 0.3) is 11.6 Å². The molecule has 2 aliphatic rings. The minimum absolute atomic E-state index is 0.0184. The third-order valence-electron chi connectivity index (χ3n) is 5.33. The van der Waals surface area contributed by atoms with Crippen LogP contribution in [0.3, 0.4) is 0 Å². The first-order valence-corrected chi connectivity index (χ1v) is 10.5. The number of amides is 1. The Bertz CT molecular complexity index is 1150. The molecule has 4 N–H and O–H groups in total. The molecule has 150 valence electrons. The minimum Gasteiger partial charge on any atom is -0.508 e. The Morgan fingerprint density at radius 1 is 1.03 bits per heavy atom. The molecule has 2 aliphatic heterocycles. The number of hydrogen-bond acceptors (Lipinski definition) is 5. The van der Waals surface area contributed by atoms with Crippen molar-refractivity contribution in [2.24, 2.45) is 0 Å². The van der Waals surface area contributed by atoms with E-state index in [1.165, 1.54) is 0 Å². The van der Waals surface area contributed by atoms with E-state index in [4.69, 9.17) is 0 Å². The normalized spacial score (nSPS) is 18.3. The lowest BCUT2D eigenvalue weighted by Gasteiger charge is -2.20. The molecule has 1 unspecified atom stereocenters. The van der Waals surface area contributed by atoms with E-state index < -0.39 is 0 Å². The summed E-state index contributed by atoms with van der Waals surface area (Å²) in [6.07, 6.45) is 0.533. The molecule has 1 aromatic heterocycles. The van der Waals surface area contributed by atoms with Gasteiger partial charge in [0.2, 0.25) is 5.71 Å². The SMILES string of the molecule is O=C1C(Cc2ccc(O)cc2)NC2=C(c3cccs3)[NH+]=C(c3ccc(O)cc3)CN12. The van der Waals surface area contributed by atoms with Crippen LogP contribution in [0.2, 0.25) is 0 Å². The predicted molar refractivity (Wildman–Crippen MR) is 115 cm³/mol. The lowest BCUT2D eigenvalue weighted by atomic mass is 10.1. The third kappa shape index (κ3) is 3.33. The Morgan fingerprint density at radius 3 is 2.40 bits per heavy atom. The lowest BCUT2D eigenvalue weighted by Crippen LogP contribution is -2.75. The molecule has 1 amide bonds. The second-order valence-corrected chi connectivity index (χ2v) is 8.29. The van der Waals surface area contributed by atoms with Gasteiger partial charge in [-0.25, -0.2) is 4.99 Å². The van der Waals surface area contributed by atoms with Crippen molar-refractivity contribution in [1.82, 2.24) is 10.2 Å². The fourth-order valence-corrected chi connectivity index (χ4v) is 4.53. The molecule has 0 spiro atoms. The van der Waals surface area contributed by atoms with Crippen LogP contribution in [0, 0.1) is 0 Å². The van der Waals surface area contributed by atoms with Gasteiger partial charge < -0.3 is 15.5 Å². The zero-order valence-corrected chi connectivity index (χ0v) is 16.8. The summed E-state index contributed by atoms with van der Waals surface area (Å²) in [4.78, 5) is 19.6. The van der Waals surface area contributed by atoms with Crippen LogP contribution in [0.5, 0.6) is 11.5 Å². The van der Waals surface area contributed by atoms with Crippen molar-refractivity contribution in [1.29, 1.82) is 0 Å². The number of fused-ring (bicyclic) bond motifs is 1. The second kappa shape index (κ2) is 7.35. The highest BCUT2D eigenvalue weighted by molar-refractivity contribution is 7.11. The van der Waals surface area contributed by atoms with E-state index >= 15 is 0 Å². The number of carbonyl (C=O) groups is 1. The summed E-state index contributed by atoms with van der Waals surface area (Å²) in [5.41, 5.74) is 3.69. The van der Waals surface area contributed by atoms with Crippen molar-refractivity contribution in [2.75, 3.05) is 6.54 Å². The molecule has 1 atom stereocenters. The van der Waals surface area contributed by atoms with Gasteiger partial charge in [-0.1, -0.05) is 18.2 Å². The Balaban J connectivity index is 1.50. The number of thiophene rings is 1. The van der Waals surface area contributed by atoms with Crippen molar-refractivity contribution < 1.29 is 20.0 Å². The molecule has 2 aromatic carbocycles. The molecule has 0 radical (unpaired) electrons. The number of phenolic OH excluding ortho intramolecular Hbond substituents is 2. The number of nitrogens with zero attached hydrogens (tertiary/aromatic N) is 1. The molecule has 1 fully saturated rings. The van der Waals surface area contributed by atoms with Gasteiger partial charge in [0.15, 0.2) is 5.82 Å². The summed E-state index contributed by atoms with van der Waals surface area (Å²) >= 11 is 1.61. The number of phenols is 2. The molecule has 5 rings (SSSR count). The summed E-state index contributed by atoms with van der Waals surface area (Å²) in [5.74, 6) is 1.22. The fraction of sp³-hybridized carbons (Fsp3) is 0.130. The Kier molecular flexibility index (Phi) is 4.52. The average molecular weight is 418 g/mol. The summed E-state index contributed by atoms with van der Waals surface area (Å²) in [6.45, 7) is 0.424. The summed E-state index contributed by atoms with van der Waals surface area (Å²) < 4.78 is 0. The quantitative estimate of drug-likeness (QED) is 0.516. The molecule has 3 aromatic rings. The van der Waals surface area contributed by atoms with Gasteiger partial charge in [0, 0.05) is 12.0 Å². The Hall–Kier alpha value is -3.58. The number of hydrogen-bond donors (Lipinski definition) is 4. The molecule has 0 bridgehead atoms. The largest absolute Gasteiger partial charge is 0.508 e. The van der Waals surface area contributed by atoms with Gasteiger partial charge in [-0.3, -0.25) is 9.69 Å². The van der Waals surface area contributed by atoms with Gasteiger partial charge in [0.05, 0.1) is 0 Å². The van der Waals surface area contributed by atoms with Crippen LogP contribution in [-0.4, -0.2) is 39.3 Å². The van der Waals surface area contributed by atoms with Crippen LogP contribution < -0.4 is 10.3 Å². The minimum atomic E-state index is -0.375. The van der Waals surface area contributed by atoms with Crippen LogP contribution in [0.4, 0.5) is 0 Å². The smallest absolute Gasteiger partial charge is 0.262 e. The zero-order valence-electron chi connectivity index (χ0n) is 16.0. The molecule has 0 saturated carbocycles. The first-order chi connectivity index (χ1) is 14.6. The number of carbonyl (C=O) groups excluding carboxylic acids is 1. The van der Waals surface area contributed by atoms with Crippen LogP contribution >= 0.6 is 11.3 Å². The van der Waals surface area contributed by atoms with Gasteiger partial charge in [0.1, 0.15) is 29.0 Å². The molecular formula is C23H20N3O3S+. The molecule has 0 aliphatic carbocycles. The van der Waals surface area contributed by atoms with Crippen molar-refractivity contribution in [3.05, 3.63) is 87.9 Å². The highest BCUT2D eigenvalue weighted by atomic mass is 32.1. The predicted octanol–water partition coefficient (Wildman–Crippen LogP) is 1.41. The number of benzene rings is 2. The van der Waals surface area contributed by atoms with E-state index in [9.17, 15) is 15.0 Å². The van der Waals surface area contributed by atoms with Gasteiger partial charge in [-0.15, -0.1) is 11.3 Å². The van der Waals surface area contributed by atoms with E-state index in [-0.39, 0.29) is 23.4 Å². The summed E-state index contributed by atoms with van der Waals surface area (Å²) in [7, 11) is 0. The van der Waals surface area contributed by atoms with Crippen LogP contribution in [0.25, 0.3) is 5.70 Å². The maximum Gasteiger partial charge on any atom is 0.262 e. The monoisotopic (exact) mass is 418 g/mol. The van der Waals surface area contributed by atoms with Gasteiger partial charge >= 0.3 is 0 Å². The third-order valence-corrected chi connectivity index (χ3v) is 6.22. The number of nitrogens with one attached hydrogen (secondary N) is 2. The van der Waals surface area contributed by atoms with Gasteiger partial charge in [-0.2, -0.15) is 0 Å². The van der Waals surface area contributed by atoms with E-state index in [1.54, 1.807) is 40.5 Å². The van der Waals surface area contributed by atoms with Crippen molar-refractivity contribution in [2.45, 2.75) is 12.5 Å². The summed E-state index contributed by atoms with van der Waals surface area (Å²) in [6, 6.07) is 17.6. The van der Waals surface area contributed by atoms with Crippen molar-refractivity contribution >= 4 is 28.7 Å².